The summed E-state index contributed by atoms with van der Waals surface area (Å²) in [6.07, 6.45) is 2.56. The van der Waals surface area contributed by atoms with E-state index in [9.17, 15) is 13.2 Å². The van der Waals surface area contributed by atoms with Crippen molar-refractivity contribution in [2.45, 2.75) is 36.9 Å². The molecule has 0 spiro atoms. The van der Waals surface area contributed by atoms with Crippen molar-refractivity contribution in [1.29, 1.82) is 0 Å². The van der Waals surface area contributed by atoms with Crippen LogP contribution < -0.4 is 5.32 Å². The quantitative estimate of drug-likeness (QED) is 0.581. The molecular weight excluding hydrogens is 434 g/mol. The van der Waals surface area contributed by atoms with E-state index in [1.54, 1.807) is 28.6 Å². The number of benzene rings is 3. The third-order valence-corrected chi connectivity index (χ3v) is 8.28. The predicted octanol–water partition coefficient (Wildman–Crippen LogP) is 4.63. The second kappa shape index (κ2) is 9.00. The average Bonchev–Trinajstić information content (AvgIpc) is 3.12. The zero-order chi connectivity index (χ0) is 22.8. The summed E-state index contributed by atoms with van der Waals surface area (Å²) in [6.45, 7) is 1.64. The Balaban J connectivity index is 1.40. The van der Waals surface area contributed by atoms with Crippen LogP contribution in [0.4, 0.5) is 5.69 Å². The number of piperidine rings is 1. The number of carbonyl (C=O) groups is 1. The minimum atomic E-state index is -3.47. The van der Waals surface area contributed by atoms with Gasteiger partial charge in [-0.05, 0) is 48.7 Å². The van der Waals surface area contributed by atoms with Gasteiger partial charge in [-0.25, -0.2) is 8.42 Å². The van der Waals surface area contributed by atoms with Crippen molar-refractivity contribution >= 4 is 21.6 Å². The van der Waals surface area contributed by atoms with Crippen molar-refractivity contribution in [2.75, 3.05) is 18.4 Å². The molecule has 33 heavy (non-hydrogen) atoms. The first-order valence-electron chi connectivity index (χ1n) is 11.3. The maximum atomic E-state index is 13.2. The molecule has 1 fully saturated rings. The van der Waals surface area contributed by atoms with Gasteiger partial charge in [-0.1, -0.05) is 55.0 Å². The molecule has 1 atom stereocenters. The van der Waals surface area contributed by atoms with Gasteiger partial charge >= 0.3 is 0 Å². The molecule has 0 aliphatic carbocycles. The lowest BCUT2D eigenvalue weighted by Crippen LogP contribution is -2.35. The van der Waals surface area contributed by atoms with Crippen molar-refractivity contribution in [3.8, 4) is 0 Å². The Morgan fingerprint density at radius 1 is 0.818 bits per heavy atom. The maximum absolute atomic E-state index is 13.2. The third kappa shape index (κ3) is 4.26. The number of hydrogen-bond donors (Lipinski definition) is 1. The second-order valence-corrected chi connectivity index (χ2v) is 10.5. The first kappa shape index (κ1) is 21.7. The molecule has 2 aliphatic rings. The van der Waals surface area contributed by atoms with Gasteiger partial charge in [0.2, 0.25) is 10.0 Å². The number of rotatable bonds is 6. The lowest BCUT2D eigenvalue weighted by atomic mass is 10.1. The SMILES string of the molecule is O=C1c2ccccc2C(Nc2ccc(S(=O)(=O)N3CCCCC3)cc2)N1Cc1ccccc1. The van der Waals surface area contributed by atoms with Gasteiger partial charge in [0.05, 0.1) is 4.90 Å². The molecule has 6 nitrogen and oxygen atoms in total. The zero-order valence-corrected chi connectivity index (χ0v) is 19.2. The molecule has 1 N–H and O–H groups in total. The van der Waals surface area contributed by atoms with Gasteiger partial charge in [0.25, 0.3) is 5.91 Å². The van der Waals surface area contributed by atoms with E-state index in [4.69, 9.17) is 0 Å². The van der Waals surface area contributed by atoms with Crippen LogP contribution in [0.15, 0.2) is 83.8 Å². The molecule has 0 aromatic heterocycles. The summed E-state index contributed by atoms with van der Waals surface area (Å²) < 4.78 is 27.5. The summed E-state index contributed by atoms with van der Waals surface area (Å²) in [5, 5.41) is 3.45. The lowest BCUT2D eigenvalue weighted by molar-refractivity contribution is 0.0728. The Hall–Kier alpha value is -3.16. The molecule has 3 aromatic carbocycles. The fraction of sp³-hybridized carbons (Fsp3) is 0.269. The van der Waals surface area contributed by atoms with Crippen LogP contribution in [0.1, 0.15) is 46.9 Å². The van der Waals surface area contributed by atoms with E-state index in [2.05, 4.69) is 5.32 Å². The maximum Gasteiger partial charge on any atom is 0.256 e. The number of anilines is 1. The highest BCUT2D eigenvalue weighted by molar-refractivity contribution is 7.89. The van der Waals surface area contributed by atoms with Crippen LogP contribution in [-0.4, -0.2) is 36.6 Å². The Bertz CT molecular complexity index is 1240. The molecule has 0 radical (unpaired) electrons. The van der Waals surface area contributed by atoms with E-state index >= 15 is 0 Å². The number of carbonyl (C=O) groups excluding carboxylic acids is 1. The molecule has 2 heterocycles. The van der Waals surface area contributed by atoms with E-state index in [0.717, 1.165) is 36.1 Å². The topological polar surface area (TPSA) is 69.7 Å². The van der Waals surface area contributed by atoms with Gasteiger partial charge in [0.15, 0.2) is 0 Å². The van der Waals surface area contributed by atoms with Crippen LogP contribution in [0.3, 0.4) is 0 Å². The average molecular weight is 462 g/mol. The van der Waals surface area contributed by atoms with Gasteiger partial charge < -0.3 is 10.2 Å². The van der Waals surface area contributed by atoms with Crippen LogP contribution in [0.2, 0.25) is 0 Å². The Morgan fingerprint density at radius 2 is 1.48 bits per heavy atom. The molecule has 170 valence electrons. The molecule has 1 amide bonds. The van der Waals surface area contributed by atoms with Crippen LogP contribution in [0.25, 0.3) is 0 Å². The molecule has 0 bridgehead atoms. The molecule has 5 rings (SSSR count). The summed E-state index contributed by atoms with van der Waals surface area (Å²) in [6, 6.07) is 24.4. The fourth-order valence-electron chi connectivity index (χ4n) is 4.60. The summed E-state index contributed by atoms with van der Waals surface area (Å²) in [5.74, 6) is -0.0174. The lowest BCUT2D eigenvalue weighted by Gasteiger charge is -2.28. The number of sulfonamides is 1. The molecule has 2 aliphatic heterocycles. The van der Waals surface area contributed by atoms with E-state index in [1.807, 2.05) is 59.5 Å². The first-order chi connectivity index (χ1) is 16.0. The highest BCUT2D eigenvalue weighted by atomic mass is 32.2. The molecule has 1 saturated heterocycles. The number of hydrogen-bond acceptors (Lipinski definition) is 4. The van der Waals surface area contributed by atoms with Crippen LogP contribution in [0, 0.1) is 0 Å². The monoisotopic (exact) mass is 461 g/mol. The van der Waals surface area contributed by atoms with Crippen molar-refractivity contribution in [1.82, 2.24) is 9.21 Å². The molecular formula is C26H27N3O3S. The van der Waals surface area contributed by atoms with Gasteiger partial charge in [0.1, 0.15) is 6.17 Å². The number of nitrogens with one attached hydrogen (secondary N) is 1. The van der Waals surface area contributed by atoms with E-state index in [-0.39, 0.29) is 12.1 Å². The fourth-order valence-corrected chi connectivity index (χ4v) is 6.12. The first-order valence-corrected chi connectivity index (χ1v) is 12.8. The van der Waals surface area contributed by atoms with Crippen molar-refractivity contribution in [3.05, 3.63) is 95.6 Å². The largest absolute Gasteiger partial charge is 0.361 e. The normalized spacial score (nSPS) is 18.8. The van der Waals surface area contributed by atoms with Crippen molar-refractivity contribution < 1.29 is 13.2 Å². The Labute approximate surface area is 194 Å². The van der Waals surface area contributed by atoms with Gasteiger partial charge in [-0.15, -0.1) is 0 Å². The van der Waals surface area contributed by atoms with E-state index in [0.29, 0.717) is 30.1 Å². The highest BCUT2D eigenvalue weighted by Gasteiger charge is 2.36. The summed E-state index contributed by atoms with van der Waals surface area (Å²) >= 11 is 0. The van der Waals surface area contributed by atoms with Crippen LogP contribution in [-0.2, 0) is 16.6 Å². The van der Waals surface area contributed by atoms with Crippen molar-refractivity contribution in [2.24, 2.45) is 0 Å². The minimum Gasteiger partial charge on any atom is -0.361 e. The molecule has 7 heteroatoms. The molecule has 3 aromatic rings. The minimum absolute atomic E-state index is 0.0174. The van der Waals surface area contributed by atoms with Gasteiger partial charge in [-0.3, -0.25) is 4.79 Å². The summed E-state index contributed by atoms with van der Waals surface area (Å²) in [5.41, 5.74) is 3.42. The second-order valence-electron chi connectivity index (χ2n) is 8.54. The number of nitrogens with zero attached hydrogens (tertiary/aromatic N) is 2. The van der Waals surface area contributed by atoms with E-state index < -0.39 is 10.0 Å². The predicted molar refractivity (Wildman–Crippen MR) is 128 cm³/mol. The van der Waals surface area contributed by atoms with Gasteiger partial charge in [0, 0.05) is 36.4 Å². The highest BCUT2D eigenvalue weighted by Crippen LogP contribution is 2.35. The molecule has 1 unspecified atom stereocenters. The third-order valence-electron chi connectivity index (χ3n) is 6.36. The van der Waals surface area contributed by atoms with Crippen LogP contribution >= 0.6 is 0 Å². The number of amides is 1. The van der Waals surface area contributed by atoms with E-state index in [1.165, 1.54) is 0 Å². The number of fused-ring (bicyclic) bond motifs is 1. The van der Waals surface area contributed by atoms with Crippen LogP contribution in [0.5, 0.6) is 0 Å². The summed E-state index contributed by atoms with van der Waals surface area (Å²) in [4.78, 5) is 15.3. The van der Waals surface area contributed by atoms with Crippen molar-refractivity contribution in [3.63, 3.8) is 0 Å². The standard InChI is InChI=1S/C26H27N3O3S/c30-26-24-12-6-5-11-23(24)25(29(26)19-20-9-3-1-4-10-20)27-21-13-15-22(16-14-21)33(31,32)28-17-7-2-8-18-28/h1,3-6,9-16,25,27H,2,7-8,17-19H2. The van der Waals surface area contributed by atoms with Gasteiger partial charge in [-0.2, -0.15) is 4.31 Å². The Kier molecular flexibility index (Phi) is 5.91. The molecule has 0 saturated carbocycles. The summed E-state index contributed by atoms with van der Waals surface area (Å²) in [7, 11) is -3.47. The smallest absolute Gasteiger partial charge is 0.256 e. The zero-order valence-electron chi connectivity index (χ0n) is 18.4. The Morgan fingerprint density at radius 3 is 2.21 bits per heavy atom.